The predicted molar refractivity (Wildman–Crippen MR) is 103 cm³/mol. The third-order valence-electron chi connectivity index (χ3n) is 4.66. The van der Waals surface area contributed by atoms with Crippen molar-refractivity contribution in [2.24, 2.45) is 5.16 Å². The SMILES string of the molecule is O=[N+]([O-])c1ccc([C@@H]2CCCC/C2=N/OS(=O)(=O)c2ccccc2)c([N+](=O)[O-])c1. The molecule has 1 aliphatic carbocycles. The van der Waals surface area contributed by atoms with Gasteiger partial charge < -0.3 is 0 Å². The minimum Gasteiger partial charge on any atom is -0.265 e. The molecule has 11 heteroatoms. The van der Waals surface area contributed by atoms with E-state index in [-0.39, 0.29) is 10.5 Å². The van der Waals surface area contributed by atoms with Gasteiger partial charge >= 0.3 is 10.1 Å². The van der Waals surface area contributed by atoms with E-state index in [2.05, 4.69) is 5.16 Å². The highest BCUT2D eigenvalue weighted by Gasteiger charge is 2.31. The van der Waals surface area contributed by atoms with Crippen molar-refractivity contribution in [3.63, 3.8) is 0 Å². The zero-order chi connectivity index (χ0) is 21.0. The number of oxime groups is 1. The predicted octanol–water partition coefficient (Wildman–Crippen LogP) is 3.92. The van der Waals surface area contributed by atoms with Crippen LogP contribution in [0.4, 0.5) is 11.4 Å². The number of rotatable bonds is 6. The van der Waals surface area contributed by atoms with E-state index < -0.39 is 37.3 Å². The van der Waals surface area contributed by atoms with Gasteiger partial charge in [-0.3, -0.25) is 24.5 Å². The molecule has 0 radical (unpaired) electrons. The van der Waals surface area contributed by atoms with Crippen molar-refractivity contribution in [1.82, 2.24) is 0 Å². The summed E-state index contributed by atoms with van der Waals surface area (Å²) in [5, 5.41) is 26.2. The van der Waals surface area contributed by atoms with Crippen molar-refractivity contribution in [3.05, 3.63) is 74.3 Å². The molecule has 0 saturated heterocycles. The number of hydrogen-bond donors (Lipinski definition) is 0. The van der Waals surface area contributed by atoms with E-state index in [4.69, 9.17) is 4.28 Å². The van der Waals surface area contributed by atoms with Gasteiger partial charge in [0.05, 0.1) is 21.6 Å². The van der Waals surface area contributed by atoms with Gasteiger partial charge in [-0.05, 0) is 37.5 Å². The Hall–Kier alpha value is -3.34. The highest BCUT2D eigenvalue weighted by atomic mass is 32.2. The maximum Gasteiger partial charge on any atom is 0.358 e. The first-order valence-corrected chi connectivity index (χ1v) is 10.2. The van der Waals surface area contributed by atoms with Crippen LogP contribution < -0.4 is 0 Å². The van der Waals surface area contributed by atoms with E-state index >= 15 is 0 Å². The van der Waals surface area contributed by atoms with Crippen LogP contribution in [0.1, 0.15) is 37.2 Å². The fraction of sp³-hybridized carbons (Fsp3) is 0.278. The van der Waals surface area contributed by atoms with E-state index in [1.807, 2.05) is 0 Å². The second-order valence-electron chi connectivity index (χ2n) is 6.48. The molecule has 1 atom stereocenters. The lowest BCUT2D eigenvalue weighted by atomic mass is 9.81. The van der Waals surface area contributed by atoms with Gasteiger partial charge in [-0.1, -0.05) is 29.8 Å². The van der Waals surface area contributed by atoms with Crippen LogP contribution >= 0.6 is 0 Å². The van der Waals surface area contributed by atoms with Crippen LogP contribution in [0.15, 0.2) is 58.6 Å². The summed E-state index contributed by atoms with van der Waals surface area (Å²) in [4.78, 5) is 21.0. The Morgan fingerprint density at radius 1 is 1.00 bits per heavy atom. The second kappa shape index (κ2) is 8.35. The van der Waals surface area contributed by atoms with E-state index in [0.29, 0.717) is 18.6 Å². The Morgan fingerprint density at radius 2 is 1.72 bits per heavy atom. The lowest BCUT2D eigenvalue weighted by molar-refractivity contribution is -0.394. The fourth-order valence-electron chi connectivity index (χ4n) is 3.27. The molecule has 0 N–H and O–H groups in total. The topological polar surface area (TPSA) is 142 Å². The number of nitrogens with zero attached hydrogens (tertiary/aromatic N) is 3. The number of hydrogen-bond acceptors (Lipinski definition) is 8. The van der Waals surface area contributed by atoms with E-state index in [1.165, 1.54) is 24.3 Å². The van der Waals surface area contributed by atoms with Crippen molar-refractivity contribution < 1.29 is 22.5 Å². The summed E-state index contributed by atoms with van der Waals surface area (Å²) in [5.74, 6) is -0.559. The monoisotopic (exact) mass is 419 g/mol. The summed E-state index contributed by atoms with van der Waals surface area (Å²) >= 11 is 0. The Balaban J connectivity index is 1.95. The molecule has 0 spiro atoms. The average Bonchev–Trinajstić information content (AvgIpc) is 2.72. The van der Waals surface area contributed by atoms with Crippen molar-refractivity contribution in [2.75, 3.05) is 0 Å². The van der Waals surface area contributed by atoms with Crippen molar-refractivity contribution in [2.45, 2.75) is 36.5 Å². The molecule has 2 aromatic carbocycles. The molecular formula is C18H17N3O7S. The molecule has 0 aromatic heterocycles. The standard InChI is InChI=1S/C18H17N3O7S/c22-20(23)13-10-11-16(18(12-13)21(24)25)15-8-4-5-9-17(15)19-28-29(26,27)14-6-2-1-3-7-14/h1-3,6-7,10-12,15H,4-5,8-9H2/b19-17-/t15-/m0/s1. The smallest absolute Gasteiger partial charge is 0.265 e. The van der Waals surface area contributed by atoms with Gasteiger partial charge in [0.25, 0.3) is 11.4 Å². The lowest BCUT2D eigenvalue weighted by Gasteiger charge is -2.23. The molecule has 1 fully saturated rings. The quantitative estimate of drug-likeness (QED) is 0.510. The van der Waals surface area contributed by atoms with Crippen molar-refractivity contribution in [1.29, 1.82) is 0 Å². The largest absolute Gasteiger partial charge is 0.358 e. The van der Waals surface area contributed by atoms with Crippen LogP contribution in [0.5, 0.6) is 0 Å². The van der Waals surface area contributed by atoms with E-state index in [0.717, 1.165) is 18.9 Å². The number of non-ortho nitro benzene ring substituents is 1. The second-order valence-corrected chi connectivity index (χ2v) is 8.01. The highest BCUT2D eigenvalue weighted by Crippen LogP contribution is 2.37. The molecule has 3 rings (SSSR count). The molecule has 29 heavy (non-hydrogen) atoms. The van der Waals surface area contributed by atoms with Gasteiger partial charge in [0.15, 0.2) is 0 Å². The molecule has 1 saturated carbocycles. The van der Waals surface area contributed by atoms with Crippen LogP contribution in [0, 0.1) is 20.2 Å². The van der Waals surface area contributed by atoms with Gasteiger partial charge in [-0.15, -0.1) is 0 Å². The minimum atomic E-state index is -4.12. The molecular weight excluding hydrogens is 402 g/mol. The summed E-state index contributed by atoms with van der Waals surface area (Å²) in [6.07, 6.45) is 2.38. The summed E-state index contributed by atoms with van der Waals surface area (Å²) in [6.45, 7) is 0. The Bertz CT molecular complexity index is 1070. The van der Waals surface area contributed by atoms with Crippen LogP contribution in [0.2, 0.25) is 0 Å². The molecule has 1 aliphatic rings. The van der Waals surface area contributed by atoms with Crippen LogP contribution in [-0.2, 0) is 14.4 Å². The van der Waals surface area contributed by atoms with Crippen LogP contribution in [0.25, 0.3) is 0 Å². The van der Waals surface area contributed by atoms with Crippen LogP contribution in [0.3, 0.4) is 0 Å². The third kappa shape index (κ3) is 4.57. The summed E-state index contributed by atoms with van der Waals surface area (Å²) in [5.41, 5.74) is -0.185. The first-order chi connectivity index (χ1) is 13.8. The summed E-state index contributed by atoms with van der Waals surface area (Å²) in [7, 11) is -4.12. The molecule has 0 aliphatic heterocycles. The van der Waals surface area contributed by atoms with Gasteiger partial charge in [0, 0.05) is 17.5 Å². The van der Waals surface area contributed by atoms with Gasteiger partial charge in [-0.2, -0.15) is 8.42 Å². The molecule has 2 aromatic rings. The fourth-order valence-corrected chi connectivity index (χ4v) is 4.04. The summed E-state index contributed by atoms with van der Waals surface area (Å²) < 4.78 is 29.5. The zero-order valence-electron chi connectivity index (χ0n) is 15.1. The third-order valence-corrected chi connectivity index (χ3v) is 5.78. The van der Waals surface area contributed by atoms with Crippen molar-refractivity contribution >= 4 is 27.2 Å². The molecule has 0 bridgehead atoms. The maximum atomic E-state index is 12.3. The highest BCUT2D eigenvalue weighted by molar-refractivity contribution is 7.86. The molecule has 0 heterocycles. The minimum absolute atomic E-state index is 0.0574. The van der Waals surface area contributed by atoms with E-state index in [9.17, 15) is 28.6 Å². The maximum absolute atomic E-state index is 12.3. The molecule has 10 nitrogen and oxygen atoms in total. The number of nitro groups is 2. The van der Waals surface area contributed by atoms with E-state index in [1.54, 1.807) is 18.2 Å². The first-order valence-electron chi connectivity index (χ1n) is 8.78. The lowest BCUT2D eigenvalue weighted by Crippen LogP contribution is -2.20. The molecule has 0 unspecified atom stereocenters. The normalized spacial score (nSPS) is 18.3. The Labute approximate surface area is 166 Å². The number of nitro benzene ring substituents is 2. The summed E-state index contributed by atoms with van der Waals surface area (Å²) in [6, 6.07) is 10.9. The number of benzene rings is 2. The van der Waals surface area contributed by atoms with Gasteiger partial charge in [0.1, 0.15) is 4.90 Å². The van der Waals surface area contributed by atoms with Gasteiger partial charge in [-0.25, -0.2) is 0 Å². The molecule has 152 valence electrons. The van der Waals surface area contributed by atoms with Crippen LogP contribution in [-0.4, -0.2) is 24.0 Å². The van der Waals surface area contributed by atoms with Crippen molar-refractivity contribution in [3.8, 4) is 0 Å². The Morgan fingerprint density at radius 3 is 2.38 bits per heavy atom. The Kier molecular flexibility index (Phi) is 5.87. The first kappa shape index (κ1) is 20.4. The van der Waals surface area contributed by atoms with Gasteiger partial charge in [0.2, 0.25) is 0 Å². The molecule has 0 amide bonds. The zero-order valence-corrected chi connectivity index (χ0v) is 15.9. The average molecular weight is 419 g/mol.